The van der Waals surface area contributed by atoms with E-state index in [4.69, 9.17) is 9.47 Å². The molecule has 1 saturated heterocycles. The summed E-state index contributed by atoms with van der Waals surface area (Å²) in [6.45, 7) is 5.78. The number of amides is 3. The molecule has 4 aromatic rings. The maximum absolute atomic E-state index is 14.4. The molecule has 1 aliphatic heterocycles. The van der Waals surface area contributed by atoms with Crippen LogP contribution in [0.5, 0.6) is 5.75 Å². The number of rotatable bonds is 15. The van der Waals surface area contributed by atoms with Crippen LogP contribution in [-0.4, -0.2) is 88.1 Å². The molecule has 0 saturated carbocycles. The highest BCUT2D eigenvalue weighted by Crippen LogP contribution is 2.27. The molecule has 13 heteroatoms. The van der Waals surface area contributed by atoms with Crippen LogP contribution in [0, 0.1) is 23.4 Å². The Labute approximate surface area is 301 Å². The van der Waals surface area contributed by atoms with E-state index in [0.29, 0.717) is 30.7 Å². The van der Waals surface area contributed by atoms with E-state index in [0.717, 1.165) is 5.56 Å². The van der Waals surface area contributed by atoms with Crippen molar-refractivity contribution in [2.45, 2.75) is 64.3 Å². The second-order valence-corrected chi connectivity index (χ2v) is 13.1. The third-order valence-corrected chi connectivity index (χ3v) is 9.47. The van der Waals surface area contributed by atoms with Gasteiger partial charge in [-0.15, -0.1) is 0 Å². The lowest BCUT2D eigenvalue weighted by Crippen LogP contribution is -2.57. The number of likely N-dealkylation sites (tertiary alicyclic amines) is 1. The first-order chi connectivity index (χ1) is 24.9. The van der Waals surface area contributed by atoms with Gasteiger partial charge in [-0.05, 0) is 86.0 Å². The molecule has 3 aromatic carbocycles. The minimum Gasteiger partial charge on any atom is -0.489 e. The largest absolute Gasteiger partial charge is 0.489 e. The molecule has 1 aromatic heterocycles. The zero-order valence-electron chi connectivity index (χ0n) is 29.7. The van der Waals surface area contributed by atoms with E-state index < -0.39 is 47.7 Å². The molecule has 0 radical (unpaired) electrons. The van der Waals surface area contributed by atoms with Crippen LogP contribution in [-0.2, 0) is 20.7 Å². The second kappa shape index (κ2) is 17.4. The molecule has 1 fully saturated rings. The SMILES string of the molecule is CC[C@@H](C)C(=O)N[C@H](C(=O)N1C[C@@H](Oc2ccc(F)cc2)C[C@H]1CN(CCc1ccc(F)cc1)C(=O)c1cn(-c2ccc(F)cc2)cn1)[C@@H](C)OC. The Bertz CT molecular complexity index is 1800. The fourth-order valence-corrected chi connectivity index (χ4v) is 6.08. The summed E-state index contributed by atoms with van der Waals surface area (Å²) in [6, 6.07) is 15.8. The highest BCUT2D eigenvalue weighted by Gasteiger charge is 2.42. The summed E-state index contributed by atoms with van der Waals surface area (Å²) in [6.07, 6.45) is 3.11. The Balaban J connectivity index is 1.45. The summed E-state index contributed by atoms with van der Waals surface area (Å²) in [5, 5.41) is 2.88. The summed E-state index contributed by atoms with van der Waals surface area (Å²) in [4.78, 5) is 49.2. The molecule has 5 rings (SSSR count). The molecule has 1 N–H and O–H groups in total. The molecule has 0 spiro atoms. The molecule has 276 valence electrons. The number of carbonyl (C=O) groups is 3. The van der Waals surface area contributed by atoms with Gasteiger partial charge in [-0.2, -0.15) is 0 Å². The monoisotopic (exact) mass is 719 g/mol. The Kier molecular flexibility index (Phi) is 12.7. The van der Waals surface area contributed by atoms with E-state index in [9.17, 15) is 27.6 Å². The predicted molar refractivity (Wildman–Crippen MR) is 188 cm³/mol. The fourth-order valence-electron chi connectivity index (χ4n) is 6.08. The van der Waals surface area contributed by atoms with Crippen LogP contribution < -0.4 is 10.1 Å². The van der Waals surface area contributed by atoms with Gasteiger partial charge in [0.15, 0.2) is 0 Å². The summed E-state index contributed by atoms with van der Waals surface area (Å²) < 4.78 is 54.3. The van der Waals surface area contributed by atoms with Gasteiger partial charge in [0.05, 0.1) is 18.7 Å². The first-order valence-corrected chi connectivity index (χ1v) is 17.3. The minimum absolute atomic E-state index is 0.0752. The molecule has 3 amide bonds. The fraction of sp³-hybridized carbons (Fsp3) is 0.385. The van der Waals surface area contributed by atoms with E-state index in [-0.39, 0.29) is 43.0 Å². The first-order valence-electron chi connectivity index (χ1n) is 17.3. The lowest BCUT2D eigenvalue weighted by molar-refractivity contribution is -0.142. The van der Waals surface area contributed by atoms with Crippen molar-refractivity contribution in [3.63, 3.8) is 0 Å². The topological polar surface area (TPSA) is 106 Å². The van der Waals surface area contributed by atoms with E-state index in [2.05, 4.69) is 10.3 Å². The highest BCUT2D eigenvalue weighted by atomic mass is 19.1. The zero-order chi connectivity index (χ0) is 37.4. The number of halogens is 3. The zero-order valence-corrected chi connectivity index (χ0v) is 29.7. The van der Waals surface area contributed by atoms with Crippen molar-refractivity contribution in [2.24, 2.45) is 5.92 Å². The Morgan fingerprint density at radius 1 is 0.942 bits per heavy atom. The van der Waals surface area contributed by atoms with Gasteiger partial charge in [0.2, 0.25) is 11.8 Å². The lowest BCUT2D eigenvalue weighted by Gasteiger charge is -2.34. The highest BCUT2D eigenvalue weighted by molar-refractivity contribution is 5.92. The third-order valence-electron chi connectivity index (χ3n) is 9.47. The maximum atomic E-state index is 14.4. The molecule has 0 unspecified atom stereocenters. The molecule has 10 nitrogen and oxygen atoms in total. The average Bonchev–Trinajstić information content (AvgIpc) is 3.80. The van der Waals surface area contributed by atoms with E-state index >= 15 is 0 Å². The number of nitrogens with zero attached hydrogens (tertiary/aromatic N) is 4. The van der Waals surface area contributed by atoms with Gasteiger partial charge in [-0.3, -0.25) is 14.4 Å². The van der Waals surface area contributed by atoms with Crippen LogP contribution in [0.3, 0.4) is 0 Å². The average molecular weight is 720 g/mol. The van der Waals surface area contributed by atoms with Gasteiger partial charge in [0.25, 0.3) is 5.91 Å². The summed E-state index contributed by atoms with van der Waals surface area (Å²) in [5.41, 5.74) is 1.54. The van der Waals surface area contributed by atoms with Crippen molar-refractivity contribution < 1.29 is 37.0 Å². The van der Waals surface area contributed by atoms with E-state index in [1.54, 1.807) is 58.7 Å². The first kappa shape index (κ1) is 38.1. The van der Waals surface area contributed by atoms with Crippen LogP contribution in [0.15, 0.2) is 85.3 Å². The number of carbonyl (C=O) groups excluding carboxylic acids is 3. The van der Waals surface area contributed by atoms with Crippen LogP contribution in [0.2, 0.25) is 0 Å². The Morgan fingerprint density at radius 3 is 2.17 bits per heavy atom. The van der Waals surface area contributed by atoms with Crippen molar-refractivity contribution >= 4 is 17.7 Å². The number of ether oxygens (including phenoxy) is 2. The smallest absolute Gasteiger partial charge is 0.274 e. The molecular formula is C39H44F3N5O5. The molecule has 5 atom stereocenters. The van der Waals surface area contributed by atoms with E-state index in [1.807, 2.05) is 6.92 Å². The number of hydrogen-bond acceptors (Lipinski definition) is 6. The summed E-state index contributed by atoms with van der Waals surface area (Å²) in [7, 11) is 1.46. The molecular weight excluding hydrogens is 675 g/mol. The van der Waals surface area contributed by atoms with Crippen molar-refractivity contribution in [2.75, 3.05) is 26.7 Å². The normalized spacial score (nSPS) is 17.3. The van der Waals surface area contributed by atoms with Gasteiger partial charge in [0.1, 0.15) is 47.4 Å². The number of benzene rings is 3. The van der Waals surface area contributed by atoms with Crippen molar-refractivity contribution in [1.29, 1.82) is 0 Å². The van der Waals surface area contributed by atoms with Crippen LogP contribution in [0.1, 0.15) is 49.7 Å². The van der Waals surface area contributed by atoms with Gasteiger partial charge in [-0.25, -0.2) is 18.2 Å². The van der Waals surface area contributed by atoms with Crippen LogP contribution in [0.4, 0.5) is 13.2 Å². The summed E-state index contributed by atoms with van der Waals surface area (Å²) in [5.74, 6) is -2.20. The van der Waals surface area contributed by atoms with Gasteiger partial charge in [0, 0.05) is 44.4 Å². The number of imidazole rings is 1. The number of methoxy groups -OCH3 is 1. The van der Waals surface area contributed by atoms with Crippen LogP contribution in [0.25, 0.3) is 5.69 Å². The van der Waals surface area contributed by atoms with Gasteiger partial charge in [-0.1, -0.05) is 26.0 Å². The van der Waals surface area contributed by atoms with Crippen molar-refractivity contribution in [3.8, 4) is 11.4 Å². The van der Waals surface area contributed by atoms with E-state index in [1.165, 1.54) is 62.0 Å². The number of nitrogens with one attached hydrogen (secondary N) is 1. The molecule has 1 aliphatic rings. The number of aromatic nitrogens is 2. The van der Waals surface area contributed by atoms with Gasteiger partial charge >= 0.3 is 0 Å². The minimum atomic E-state index is -1.02. The molecule has 52 heavy (non-hydrogen) atoms. The Hall–Kier alpha value is -5.17. The predicted octanol–water partition coefficient (Wildman–Crippen LogP) is 5.59. The maximum Gasteiger partial charge on any atom is 0.274 e. The quantitative estimate of drug-likeness (QED) is 0.172. The second-order valence-electron chi connectivity index (χ2n) is 13.1. The van der Waals surface area contributed by atoms with Crippen molar-refractivity contribution in [1.82, 2.24) is 24.7 Å². The standard InChI is InChI=1S/C39H44F3N5O5/c1-5-25(2)37(48)44-36(26(3)51-4)39(50)47-22-34(52-33-16-12-30(42)13-17-33)20-32(47)21-45(19-18-27-6-8-28(40)9-7-27)38(49)35-23-46(24-43-35)31-14-10-29(41)11-15-31/h6-17,23-26,32,34,36H,5,18-22H2,1-4H3,(H,44,48)/t25-,26-,32+,34+,36+/m1/s1. The van der Waals surface area contributed by atoms with Crippen LogP contribution >= 0.6 is 0 Å². The third kappa shape index (κ3) is 9.58. The summed E-state index contributed by atoms with van der Waals surface area (Å²) >= 11 is 0. The molecule has 0 aliphatic carbocycles. The Morgan fingerprint density at radius 2 is 1.56 bits per heavy atom. The molecule has 0 bridgehead atoms. The lowest BCUT2D eigenvalue weighted by atomic mass is 10.1. The van der Waals surface area contributed by atoms with Gasteiger partial charge < -0.3 is 29.2 Å². The van der Waals surface area contributed by atoms with Crippen molar-refractivity contribution in [3.05, 3.63) is 114 Å². The number of hydrogen-bond donors (Lipinski definition) is 1. The molecule has 2 heterocycles.